The Balaban J connectivity index is 2.06. The largest absolute Gasteiger partial charge is 0.342 e. The molecule has 2 nitrogen and oxygen atoms in total. The third-order valence-corrected chi connectivity index (χ3v) is 5.27. The van der Waals surface area contributed by atoms with Gasteiger partial charge >= 0.3 is 0 Å². The first-order valence-corrected chi connectivity index (χ1v) is 8.79. The SMILES string of the molecule is CC(N)Cc1cn(Cc2ccc(Br)s2)c2cc(Cl)ccc12. The van der Waals surface area contributed by atoms with Crippen LogP contribution in [0.2, 0.25) is 5.02 Å². The Kier molecular flexibility index (Phi) is 4.41. The average Bonchev–Trinajstić information content (AvgIpc) is 2.95. The van der Waals surface area contributed by atoms with Gasteiger partial charge in [0.05, 0.1) is 15.8 Å². The highest BCUT2D eigenvalue weighted by Crippen LogP contribution is 2.28. The van der Waals surface area contributed by atoms with Gasteiger partial charge in [0.1, 0.15) is 0 Å². The van der Waals surface area contributed by atoms with Crippen LogP contribution >= 0.6 is 38.9 Å². The van der Waals surface area contributed by atoms with Gasteiger partial charge in [-0.05, 0) is 59.1 Å². The van der Waals surface area contributed by atoms with Gasteiger partial charge in [0.2, 0.25) is 0 Å². The van der Waals surface area contributed by atoms with Crippen LogP contribution in [0.5, 0.6) is 0 Å². The molecule has 1 aromatic carbocycles. The number of nitrogens with zero attached hydrogens (tertiary/aromatic N) is 1. The summed E-state index contributed by atoms with van der Waals surface area (Å²) in [4.78, 5) is 1.31. The second kappa shape index (κ2) is 6.13. The molecule has 0 radical (unpaired) electrons. The molecule has 3 aromatic rings. The van der Waals surface area contributed by atoms with E-state index in [1.807, 2.05) is 19.1 Å². The predicted octanol–water partition coefficient (Wildman–Crippen LogP) is 5.06. The van der Waals surface area contributed by atoms with Gasteiger partial charge in [-0.15, -0.1) is 11.3 Å². The van der Waals surface area contributed by atoms with Crippen molar-refractivity contribution in [2.75, 3.05) is 0 Å². The first-order chi connectivity index (χ1) is 10.0. The Labute approximate surface area is 141 Å². The Bertz CT molecular complexity index is 776. The highest BCUT2D eigenvalue weighted by Gasteiger charge is 2.11. The number of hydrogen-bond acceptors (Lipinski definition) is 2. The van der Waals surface area contributed by atoms with Crippen LogP contribution in [0.25, 0.3) is 10.9 Å². The summed E-state index contributed by atoms with van der Waals surface area (Å²) in [5, 5.41) is 2.01. The van der Waals surface area contributed by atoms with Crippen molar-refractivity contribution in [2.45, 2.75) is 25.9 Å². The second-order valence-electron chi connectivity index (χ2n) is 5.33. The summed E-state index contributed by atoms with van der Waals surface area (Å²) in [6.45, 7) is 2.89. The van der Waals surface area contributed by atoms with Crippen molar-refractivity contribution in [3.63, 3.8) is 0 Å². The fraction of sp³-hybridized carbons (Fsp3) is 0.250. The lowest BCUT2D eigenvalue weighted by atomic mass is 10.1. The van der Waals surface area contributed by atoms with Gasteiger partial charge in [-0.3, -0.25) is 0 Å². The number of fused-ring (bicyclic) bond motifs is 1. The van der Waals surface area contributed by atoms with E-state index in [2.05, 4.69) is 44.9 Å². The molecule has 2 aromatic heterocycles. The maximum absolute atomic E-state index is 6.17. The fourth-order valence-corrected chi connectivity index (χ4v) is 4.23. The molecule has 0 spiro atoms. The molecule has 0 aliphatic rings. The number of aromatic nitrogens is 1. The van der Waals surface area contributed by atoms with E-state index >= 15 is 0 Å². The quantitative estimate of drug-likeness (QED) is 0.671. The van der Waals surface area contributed by atoms with Crippen LogP contribution in [-0.4, -0.2) is 10.6 Å². The zero-order valence-corrected chi connectivity index (χ0v) is 14.8. The molecule has 1 unspecified atom stereocenters. The van der Waals surface area contributed by atoms with Crippen molar-refractivity contribution in [1.29, 1.82) is 0 Å². The Hall–Kier alpha value is -0.810. The van der Waals surface area contributed by atoms with Crippen molar-refractivity contribution in [3.8, 4) is 0 Å². The zero-order valence-electron chi connectivity index (χ0n) is 11.6. The molecule has 0 amide bonds. The topological polar surface area (TPSA) is 30.9 Å². The van der Waals surface area contributed by atoms with Crippen LogP contribution in [0, 0.1) is 0 Å². The van der Waals surface area contributed by atoms with E-state index in [4.69, 9.17) is 17.3 Å². The van der Waals surface area contributed by atoms with Crippen molar-refractivity contribution >= 4 is 49.8 Å². The maximum atomic E-state index is 6.17. The number of rotatable bonds is 4. The minimum absolute atomic E-state index is 0.149. The van der Waals surface area contributed by atoms with Crippen molar-refractivity contribution in [2.24, 2.45) is 5.73 Å². The summed E-state index contributed by atoms with van der Waals surface area (Å²) in [6, 6.07) is 10.5. The summed E-state index contributed by atoms with van der Waals surface area (Å²) in [7, 11) is 0. The van der Waals surface area contributed by atoms with Gasteiger partial charge < -0.3 is 10.3 Å². The predicted molar refractivity (Wildman–Crippen MR) is 95.4 cm³/mol. The van der Waals surface area contributed by atoms with Crippen molar-refractivity contribution < 1.29 is 0 Å². The first kappa shape index (κ1) is 15.1. The highest BCUT2D eigenvalue weighted by molar-refractivity contribution is 9.11. The monoisotopic (exact) mass is 382 g/mol. The molecule has 0 saturated carbocycles. The lowest BCUT2D eigenvalue weighted by Crippen LogP contribution is -2.17. The summed E-state index contributed by atoms with van der Waals surface area (Å²) in [5.41, 5.74) is 8.42. The minimum atomic E-state index is 0.149. The number of nitrogens with two attached hydrogens (primary N) is 1. The molecule has 110 valence electrons. The Morgan fingerprint density at radius 3 is 2.81 bits per heavy atom. The Morgan fingerprint density at radius 1 is 1.33 bits per heavy atom. The van der Waals surface area contributed by atoms with E-state index in [1.165, 1.54) is 21.3 Å². The summed E-state index contributed by atoms with van der Waals surface area (Å²) >= 11 is 11.4. The van der Waals surface area contributed by atoms with E-state index in [-0.39, 0.29) is 6.04 Å². The Morgan fingerprint density at radius 2 is 2.14 bits per heavy atom. The molecule has 3 rings (SSSR count). The molecule has 5 heteroatoms. The van der Waals surface area contributed by atoms with Gasteiger partial charge in [-0.25, -0.2) is 0 Å². The van der Waals surface area contributed by atoms with Gasteiger partial charge in [0.25, 0.3) is 0 Å². The van der Waals surface area contributed by atoms with Crippen LogP contribution in [0.1, 0.15) is 17.4 Å². The third kappa shape index (κ3) is 3.34. The van der Waals surface area contributed by atoms with Crippen molar-refractivity contribution in [1.82, 2.24) is 4.57 Å². The molecule has 0 aliphatic carbocycles. The lowest BCUT2D eigenvalue weighted by molar-refractivity contribution is 0.735. The smallest absolute Gasteiger partial charge is 0.0702 e. The highest BCUT2D eigenvalue weighted by atomic mass is 79.9. The molecule has 0 bridgehead atoms. The number of halogens is 2. The van der Waals surface area contributed by atoms with Crippen LogP contribution < -0.4 is 5.73 Å². The summed E-state index contributed by atoms with van der Waals surface area (Å²) < 4.78 is 3.42. The average molecular weight is 384 g/mol. The van der Waals surface area contributed by atoms with Gasteiger partial charge in [0.15, 0.2) is 0 Å². The minimum Gasteiger partial charge on any atom is -0.342 e. The molecule has 21 heavy (non-hydrogen) atoms. The van der Waals surface area contributed by atoms with Crippen LogP contribution in [0.3, 0.4) is 0 Å². The summed E-state index contributed by atoms with van der Waals surface area (Å²) in [6.07, 6.45) is 3.08. The molecule has 0 fully saturated rings. The fourth-order valence-electron chi connectivity index (χ4n) is 2.59. The molecule has 1 atom stereocenters. The molecule has 0 saturated heterocycles. The van der Waals surface area contributed by atoms with Gasteiger partial charge in [-0.2, -0.15) is 0 Å². The molecule has 2 N–H and O–H groups in total. The number of hydrogen-bond donors (Lipinski definition) is 1. The molecular formula is C16H16BrClN2S. The van der Waals surface area contributed by atoms with E-state index in [0.717, 1.165) is 21.8 Å². The lowest BCUT2D eigenvalue weighted by Gasteiger charge is -2.03. The normalized spacial score (nSPS) is 13.0. The summed E-state index contributed by atoms with van der Waals surface area (Å²) in [5.74, 6) is 0. The standard InChI is InChI=1S/C16H16BrClN2S/c1-10(19)6-11-8-20(9-13-3-5-16(17)21-13)15-7-12(18)2-4-14(11)15/h2-5,7-8,10H,6,9,19H2,1H3. The van der Waals surface area contributed by atoms with Crippen LogP contribution in [0.4, 0.5) is 0 Å². The molecule has 2 heterocycles. The zero-order chi connectivity index (χ0) is 15.0. The van der Waals surface area contributed by atoms with E-state index in [1.54, 1.807) is 11.3 Å². The third-order valence-electron chi connectivity index (χ3n) is 3.42. The van der Waals surface area contributed by atoms with E-state index in [9.17, 15) is 0 Å². The number of thiophene rings is 1. The maximum Gasteiger partial charge on any atom is 0.0702 e. The second-order valence-corrected chi connectivity index (χ2v) is 8.31. The molecule has 0 aliphatic heterocycles. The van der Waals surface area contributed by atoms with Crippen molar-refractivity contribution in [3.05, 3.63) is 55.8 Å². The van der Waals surface area contributed by atoms with E-state index < -0.39 is 0 Å². The van der Waals surface area contributed by atoms with E-state index in [0.29, 0.717) is 0 Å². The van der Waals surface area contributed by atoms with Crippen LogP contribution in [-0.2, 0) is 13.0 Å². The van der Waals surface area contributed by atoms with Crippen LogP contribution in [0.15, 0.2) is 40.3 Å². The number of benzene rings is 1. The molecular weight excluding hydrogens is 368 g/mol. The first-order valence-electron chi connectivity index (χ1n) is 6.80. The van der Waals surface area contributed by atoms with Gasteiger partial charge in [0, 0.05) is 27.5 Å². The van der Waals surface area contributed by atoms with Gasteiger partial charge in [-0.1, -0.05) is 17.7 Å².